The number of carboxylic acid groups (broad SMARTS) is 1. The van der Waals surface area contributed by atoms with Crippen LogP contribution in [-0.2, 0) is 11.2 Å². The smallest absolute Gasteiger partial charge is 0.328 e. The summed E-state index contributed by atoms with van der Waals surface area (Å²) in [6.07, 6.45) is 6.43. The maximum atomic E-state index is 12.0. The number of aromatic amines is 1. The summed E-state index contributed by atoms with van der Waals surface area (Å²) in [6, 6.07) is 1.71. The Morgan fingerprint density at radius 2 is 2.35 bits per heavy atom. The molecule has 0 radical (unpaired) electrons. The van der Waals surface area contributed by atoms with Crippen molar-refractivity contribution in [3.05, 3.63) is 46.2 Å². The number of carbonyl (C=O) groups excluding carboxylic acids is 1. The van der Waals surface area contributed by atoms with Gasteiger partial charge >= 0.3 is 5.97 Å². The first kappa shape index (κ1) is 14.0. The zero-order valence-electron chi connectivity index (χ0n) is 10.5. The molecule has 0 bridgehead atoms. The van der Waals surface area contributed by atoms with Crippen molar-refractivity contribution in [2.75, 3.05) is 6.54 Å². The van der Waals surface area contributed by atoms with Crippen LogP contribution < -0.4 is 5.32 Å². The fraction of sp³-hybridized carbons (Fsp3) is 0.154. The van der Waals surface area contributed by atoms with Gasteiger partial charge in [0.15, 0.2) is 0 Å². The summed E-state index contributed by atoms with van der Waals surface area (Å²) in [6.45, 7) is 0.465. The van der Waals surface area contributed by atoms with Gasteiger partial charge in [0.05, 0.1) is 4.88 Å². The number of thiophene rings is 1. The zero-order valence-corrected chi connectivity index (χ0v) is 11.3. The van der Waals surface area contributed by atoms with E-state index in [1.807, 2.05) is 0 Å². The Balaban J connectivity index is 1.92. The van der Waals surface area contributed by atoms with Gasteiger partial charge in [0.25, 0.3) is 5.91 Å². The van der Waals surface area contributed by atoms with Gasteiger partial charge in [-0.05, 0) is 23.1 Å². The van der Waals surface area contributed by atoms with E-state index in [2.05, 4.69) is 15.3 Å². The number of hydrogen-bond donors (Lipinski definition) is 3. The van der Waals surface area contributed by atoms with Crippen LogP contribution in [0.4, 0.5) is 0 Å². The van der Waals surface area contributed by atoms with E-state index in [-0.39, 0.29) is 5.91 Å². The highest BCUT2D eigenvalue weighted by Gasteiger charge is 2.11. The van der Waals surface area contributed by atoms with Crippen LogP contribution in [0.3, 0.4) is 0 Å². The molecule has 7 heteroatoms. The summed E-state index contributed by atoms with van der Waals surface area (Å²) in [5.41, 5.74) is 0.605. The van der Waals surface area contributed by atoms with Crippen LogP contribution in [0.1, 0.15) is 21.1 Å². The fourth-order valence-corrected chi connectivity index (χ4v) is 2.41. The zero-order chi connectivity index (χ0) is 14.4. The van der Waals surface area contributed by atoms with E-state index in [1.165, 1.54) is 17.4 Å². The van der Waals surface area contributed by atoms with Crippen molar-refractivity contribution in [2.24, 2.45) is 0 Å². The number of aliphatic carboxylic acids is 1. The van der Waals surface area contributed by atoms with E-state index in [0.29, 0.717) is 23.4 Å². The van der Waals surface area contributed by atoms with E-state index in [4.69, 9.17) is 5.11 Å². The van der Waals surface area contributed by atoms with E-state index in [1.54, 1.807) is 23.8 Å². The minimum Gasteiger partial charge on any atom is -0.478 e. The molecule has 2 aromatic rings. The van der Waals surface area contributed by atoms with Gasteiger partial charge in [-0.3, -0.25) is 4.79 Å². The van der Waals surface area contributed by atoms with Crippen molar-refractivity contribution in [3.8, 4) is 0 Å². The SMILES string of the molecule is O=C(O)/C=C/c1ccsc1C(=O)NCCc1ncc[nH]1. The number of nitrogens with one attached hydrogen (secondary N) is 2. The molecule has 2 aromatic heterocycles. The summed E-state index contributed by atoms with van der Waals surface area (Å²) in [5, 5.41) is 13.1. The normalized spacial score (nSPS) is 10.8. The number of H-pyrrole nitrogens is 1. The van der Waals surface area contributed by atoms with Gasteiger partial charge in [0.1, 0.15) is 5.82 Å². The van der Waals surface area contributed by atoms with E-state index in [0.717, 1.165) is 11.9 Å². The molecule has 20 heavy (non-hydrogen) atoms. The van der Waals surface area contributed by atoms with Gasteiger partial charge in [-0.1, -0.05) is 0 Å². The number of hydrogen-bond acceptors (Lipinski definition) is 4. The van der Waals surface area contributed by atoms with Crippen molar-refractivity contribution in [3.63, 3.8) is 0 Å². The predicted octanol–water partition coefficient (Wildman–Crippen LogP) is 1.54. The van der Waals surface area contributed by atoms with Gasteiger partial charge in [0.2, 0.25) is 0 Å². The highest BCUT2D eigenvalue weighted by atomic mass is 32.1. The number of carboxylic acids is 1. The molecule has 0 aromatic carbocycles. The molecule has 0 aliphatic carbocycles. The Kier molecular flexibility index (Phi) is 4.67. The first-order chi connectivity index (χ1) is 9.66. The highest BCUT2D eigenvalue weighted by molar-refractivity contribution is 7.12. The Morgan fingerprint density at radius 1 is 1.50 bits per heavy atom. The molecule has 0 unspecified atom stereocenters. The Bertz CT molecular complexity index is 617. The standard InChI is InChI=1S/C13H13N3O3S/c17-11(18)2-1-9-4-8-20-12(9)13(19)16-5-3-10-14-6-7-15-10/h1-2,4,6-8H,3,5H2,(H,14,15)(H,16,19)(H,17,18)/b2-1+. The molecule has 2 rings (SSSR count). The highest BCUT2D eigenvalue weighted by Crippen LogP contribution is 2.18. The van der Waals surface area contributed by atoms with Crippen molar-refractivity contribution in [2.45, 2.75) is 6.42 Å². The van der Waals surface area contributed by atoms with Gasteiger partial charge in [0, 0.05) is 31.4 Å². The maximum absolute atomic E-state index is 12.0. The molecule has 0 spiro atoms. The second kappa shape index (κ2) is 6.67. The first-order valence-corrected chi connectivity index (χ1v) is 6.79. The minimum atomic E-state index is -1.04. The molecule has 0 aliphatic rings. The molecule has 6 nitrogen and oxygen atoms in total. The van der Waals surface area contributed by atoms with Crippen molar-refractivity contribution >= 4 is 29.3 Å². The number of amides is 1. The van der Waals surface area contributed by atoms with Crippen LogP contribution in [0.2, 0.25) is 0 Å². The van der Waals surface area contributed by atoms with Crippen LogP contribution in [0.15, 0.2) is 29.9 Å². The van der Waals surface area contributed by atoms with E-state index < -0.39 is 5.97 Å². The second-order valence-corrected chi connectivity index (χ2v) is 4.83. The molecule has 0 saturated carbocycles. The molecule has 104 valence electrons. The summed E-state index contributed by atoms with van der Waals surface area (Å²) in [7, 11) is 0. The Hall–Kier alpha value is -2.41. The molecular formula is C13H13N3O3S. The quantitative estimate of drug-likeness (QED) is 0.704. The lowest BCUT2D eigenvalue weighted by Crippen LogP contribution is -2.25. The van der Waals surface area contributed by atoms with Crippen LogP contribution in [-0.4, -0.2) is 33.5 Å². The summed E-state index contributed by atoms with van der Waals surface area (Å²) in [5.74, 6) is -0.445. The van der Waals surface area contributed by atoms with Gasteiger partial charge in [-0.2, -0.15) is 0 Å². The monoisotopic (exact) mass is 291 g/mol. The molecule has 1 amide bonds. The molecule has 3 N–H and O–H groups in total. The average Bonchev–Trinajstić information content (AvgIpc) is 3.07. The Morgan fingerprint density at radius 3 is 3.05 bits per heavy atom. The van der Waals surface area contributed by atoms with Gasteiger partial charge < -0.3 is 15.4 Å². The van der Waals surface area contributed by atoms with Crippen molar-refractivity contribution < 1.29 is 14.7 Å². The summed E-state index contributed by atoms with van der Waals surface area (Å²) < 4.78 is 0. The summed E-state index contributed by atoms with van der Waals surface area (Å²) in [4.78, 5) is 30.0. The first-order valence-electron chi connectivity index (χ1n) is 5.92. The predicted molar refractivity (Wildman–Crippen MR) is 75.6 cm³/mol. The molecular weight excluding hydrogens is 278 g/mol. The molecule has 2 heterocycles. The lowest BCUT2D eigenvalue weighted by Gasteiger charge is -2.03. The van der Waals surface area contributed by atoms with Crippen molar-refractivity contribution in [1.29, 1.82) is 0 Å². The fourth-order valence-electron chi connectivity index (χ4n) is 1.61. The molecule has 0 aliphatic heterocycles. The lowest BCUT2D eigenvalue weighted by molar-refractivity contribution is -0.131. The minimum absolute atomic E-state index is 0.211. The molecule has 0 atom stereocenters. The third kappa shape index (κ3) is 3.79. The van der Waals surface area contributed by atoms with Crippen LogP contribution in [0.5, 0.6) is 0 Å². The second-order valence-electron chi connectivity index (χ2n) is 3.92. The van der Waals surface area contributed by atoms with E-state index in [9.17, 15) is 9.59 Å². The lowest BCUT2D eigenvalue weighted by atomic mass is 10.2. The van der Waals surface area contributed by atoms with Crippen LogP contribution >= 0.6 is 11.3 Å². The van der Waals surface area contributed by atoms with Crippen LogP contribution in [0, 0.1) is 0 Å². The molecule has 0 fully saturated rings. The average molecular weight is 291 g/mol. The van der Waals surface area contributed by atoms with Gasteiger partial charge in [-0.15, -0.1) is 11.3 Å². The molecule has 0 saturated heterocycles. The Labute approximate surface area is 119 Å². The summed E-state index contributed by atoms with van der Waals surface area (Å²) >= 11 is 1.28. The van der Waals surface area contributed by atoms with E-state index >= 15 is 0 Å². The number of aromatic nitrogens is 2. The van der Waals surface area contributed by atoms with Crippen molar-refractivity contribution in [1.82, 2.24) is 15.3 Å². The number of rotatable bonds is 6. The number of nitrogens with zero attached hydrogens (tertiary/aromatic N) is 1. The topological polar surface area (TPSA) is 95.1 Å². The van der Waals surface area contributed by atoms with Crippen LogP contribution in [0.25, 0.3) is 6.08 Å². The van der Waals surface area contributed by atoms with Gasteiger partial charge in [-0.25, -0.2) is 9.78 Å². The number of imidazole rings is 1. The largest absolute Gasteiger partial charge is 0.478 e. The third-order valence-electron chi connectivity index (χ3n) is 2.51. The third-order valence-corrected chi connectivity index (χ3v) is 3.44. The maximum Gasteiger partial charge on any atom is 0.328 e. The number of carbonyl (C=O) groups is 2.